The predicted molar refractivity (Wildman–Crippen MR) is 92.3 cm³/mol. The quantitative estimate of drug-likeness (QED) is 0.682. The summed E-state index contributed by atoms with van der Waals surface area (Å²) >= 11 is 0. The first kappa shape index (κ1) is 15.7. The Hall–Kier alpha value is -3.21. The molecule has 0 radical (unpaired) electrons. The van der Waals surface area contributed by atoms with Crippen LogP contribution in [0.15, 0.2) is 60.7 Å². The molecular formula is C19H16N2O3. The maximum Gasteiger partial charge on any atom is 0.326 e. The lowest BCUT2D eigenvalue weighted by atomic mass is 10.0. The minimum Gasteiger partial charge on any atom is -0.480 e. The molecule has 24 heavy (non-hydrogen) atoms. The van der Waals surface area contributed by atoms with Gasteiger partial charge in [0.15, 0.2) is 0 Å². The lowest BCUT2D eigenvalue weighted by molar-refractivity contribution is -0.137. The summed E-state index contributed by atoms with van der Waals surface area (Å²) < 4.78 is 0. The molecule has 0 aliphatic carbocycles. The van der Waals surface area contributed by atoms with Gasteiger partial charge in [-0.25, -0.2) is 9.78 Å². The summed E-state index contributed by atoms with van der Waals surface area (Å²) in [6.45, 7) is 0. The zero-order chi connectivity index (χ0) is 16.9. The van der Waals surface area contributed by atoms with Crippen LogP contribution in [0.25, 0.3) is 10.9 Å². The van der Waals surface area contributed by atoms with E-state index >= 15 is 0 Å². The maximum atomic E-state index is 11.6. The summed E-state index contributed by atoms with van der Waals surface area (Å²) in [5.74, 6) is -0.504. The van der Waals surface area contributed by atoms with Crippen LogP contribution in [0.3, 0.4) is 0 Å². The molecule has 1 atom stereocenters. The van der Waals surface area contributed by atoms with Crippen molar-refractivity contribution >= 4 is 29.0 Å². The normalized spacial score (nSPS) is 11.8. The smallest absolute Gasteiger partial charge is 0.326 e. The summed E-state index contributed by atoms with van der Waals surface area (Å²) in [4.78, 5) is 27.1. The van der Waals surface area contributed by atoms with Crippen molar-refractivity contribution in [1.29, 1.82) is 0 Å². The van der Waals surface area contributed by atoms with Crippen LogP contribution in [0.1, 0.15) is 15.9 Å². The van der Waals surface area contributed by atoms with Gasteiger partial charge in [-0.05, 0) is 23.8 Å². The molecule has 2 aromatic carbocycles. The number of nitrogens with zero attached hydrogens (tertiary/aromatic N) is 1. The Balaban J connectivity index is 1.85. The molecule has 0 aliphatic rings. The lowest BCUT2D eigenvalue weighted by Gasteiger charge is -2.16. The number of carbonyl (C=O) groups excluding carboxylic acids is 1. The van der Waals surface area contributed by atoms with Gasteiger partial charge >= 0.3 is 5.97 Å². The third kappa shape index (κ3) is 3.41. The summed E-state index contributed by atoms with van der Waals surface area (Å²) in [5.41, 5.74) is 1.98. The van der Waals surface area contributed by atoms with E-state index in [2.05, 4.69) is 10.3 Å². The molecule has 1 aromatic heterocycles. The summed E-state index contributed by atoms with van der Waals surface area (Å²) in [6, 6.07) is 17.4. The third-order valence-corrected chi connectivity index (χ3v) is 3.82. The first-order valence-electron chi connectivity index (χ1n) is 7.55. The predicted octanol–water partition coefficient (Wildman–Crippen LogP) is 3.16. The van der Waals surface area contributed by atoms with Gasteiger partial charge in [-0.15, -0.1) is 0 Å². The second-order valence-electron chi connectivity index (χ2n) is 5.45. The van der Waals surface area contributed by atoms with Crippen LogP contribution in [0.2, 0.25) is 0 Å². The van der Waals surface area contributed by atoms with E-state index in [4.69, 9.17) is 0 Å². The highest BCUT2D eigenvalue weighted by molar-refractivity contribution is 5.82. The molecule has 0 unspecified atom stereocenters. The number of benzene rings is 2. The van der Waals surface area contributed by atoms with Crippen molar-refractivity contribution in [2.24, 2.45) is 0 Å². The van der Waals surface area contributed by atoms with Crippen molar-refractivity contribution in [3.63, 3.8) is 0 Å². The SMILES string of the molecule is O=Cc1ccccc1C[C@H](Nc1ccc2ccccc2n1)C(=O)O. The van der Waals surface area contributed by atoms with Gasteiger partial charge in [0.05, 0.1) is 5.52 Å². The number of aromatic nitrogens is 1. The number of anilines is 1. The van der Waals surface area contributed by atoms with Gasteiger partial charge in [0, 0.05) is 17.4 Å². The maximum absolute atomic E-state index is 11.6. The van der Waals surface area contributed by atoms with Gasteiger partial charge in [-0.2, -0.15) is 0 Å². The Morgan fingerprint density at radius 3 is 2.62 bits per heavy atom. The highest BCUT2D eigenvalue weighted by atomic mass is 16.4. The number of para-hydroxylation sites is 1. The molecule has 3 aromatic rings. The summed E-state index contributed by atoms with van der Waals surface area (Å²) in [6.07, 6.45) is 0.932. The largest absolute Gasteiger partial charge is 0.480 e. The van der Waals surface area contributed by atoms with Crippen molar-refractivity contribution in [1.82, 2.24) is 4.98 Å². The number of carbonyl (C=O) groups is 2. The second-order valence-corrected chi connectivity index (χ2v) is 5.45. The number of carboxylic acids is 1. The number of fused-ring (bicyclic) bond motifs is 1. The van der Waals surface area contributed by atoms with Gasteiger partial charge in [-0.3, -0.25) is 4.79 Å². The van der Waals surface area contributed by atoms with E-state index in [0.717, 1.165) is 17.2 Å². The molecule has 0 saturated heterocycles. The van der Waals surface area contributed by atoms with E-state index < -0.39 is 12.0 Å². The number of hydrogen-bond donors (Lipinski definition) is 2. The summed E-state index contributed by atoms with van der Waals surface area (Å²) in [5, 5.41) is 13.4. The standard InChI is InChI=1S/C19H16N2O3/c22-12-15-7-2-1-6-14(15)11-17(19(23)24)21-18-10-9-13-5-3-4-8-16(13)20-18/h1-10,12,17H,11H2,(H,20,21)(H,23,24)/t17-/m0/s1. The molecule has 0 fully saturated rings. The molecular weight excluding hydrogens is 304 g/mol. The monoisotopic (exact) mass is 320 g/mol. The average molecular weight is 320 g/mol. The number of aldehydes is 1. The van der Waals surface area contributed by atoms with Crippen molar-refractivity contribution in [2.75, 3.05) is 5.32 Å². The fraction of sp³-hybridized carbons (Fsp3) is 0.105. The van der Waals surface area contributed by atoms with Crippen LogP contribution in [-0.2, 0) is 11.2 Å². The van der Waals surface area contributed by atoms with Crippen molar-refractivity contribution in [3.05, 3.63) is 71.8 Å². The van der Waals surface area contributed by atoms with Crippen molar-refractivity contribution in [2.45, 2.75) is 12.5 Å². The Bertz CT molecular complexity index is 892. The van der Waals surface area contributed by atoms with E-state index in [1.165, 1.54) is 0 Å². The first-order valence-corrected chi connectivity index (χ1v) is 7.55. The number of pyridine rings is 1. The topological polar surface area (TPSA) is 79.3 Å². The Morgan fingerprint density at radius 2 is 1.83 bits per heavy atom. The molecule has 3 rings (SSSR count). The molecule has 120 valence electrons. The molecule has 0 bridgehead atoms. The van der Waals surface area contributed by atoms with Crippen molar-refractivity contribution in [3.8, 4) is 0 Å². The van der Waals surface area contributed by atoms with E-state index in [0.29, 0.717) is 16.9 Å². The van der Waals surface area contributed by atoms with Gasteiger partial charge in [0.1, 0.15) is 18.1 Å². The highest BCUT2D eigenvalue weighted by Gasteiger charge is 2.19. The Morgan fingerprint density at radius 1 is 1.08 bits per heavy atom. The van der Waals surface area contributed by atoms with Gasteiger partial charge in [-0.1, -0.05) is 42.5 Å². The van der Waals surface area contributed by atoms with E-state index in [1.54, 1.807) is 30.3 Å². The van der Waals surface area contributed by atoms with Crippen LogP contribution in [0, 0.1) is 0 Å². The molecule has 0 saturated carbocycles. The molecule has 5 nitrogen and oxygen atoms in total. The van der Waals surface area contributed by atoms with E-state index in [1.807, 2.05) is 30.3 Å². The fourth-order valence-electron chi connectivity index (χ4n) is 2.58. The minimum atomic E-state index is -0.995. The zero-order valence-corrected chi connectivity index (χ0v) is 12.8. The van der Waals surface area contributed by atoms with Crippen LogP contribution in [0.4, 0.5) is 5.82 Å². The van der Waals surface area contributed by atoms with E-state index in [-0.39, 0.29) is 6.42 Å². The van der Waals surface area contributed by atoms with Gasteiger partial charge < -0.3 is 10.4 Å². The van der Waals surface area contributed by atoms with Crippen LogP contribution in [-0.4, -0.2) is 28.4 Å². The molecule has 5 heteroatoms. The second kappa shape index (κ2) is 6.91. The Labute approximate surface area is 139 Å². The first-order chi connectivity index (χ1) is 11.7. The number of aliphatic carboxylic acids is 1. The highest BCUT2D eigenvalue weighted by Crippen LogP contribution is 2.17. The minimum absolute atomic E-state index is 0.193. The fourth-order valence-corrected chi connectivity index (χ4v) is 2.58. The van der Waals surface area contributed by atoms with Crippen LogP contribution in [0.5, 0.6) is 0 Å². The zero-order valence-electron chi connectivity index (χ0n) is 12.8. The van der Waals surface area contributed by atoms with Crippen LogP contribution >= 0.6 is 0 Å². The molecule has 2 N–H and O–H groups in total. The number of rotatable bonds is 6. The number of nitrogens with one attached hydrogen (secondary N) is 1. The molecule has 0 spiro atoms. The van der Waals surface area contributed by atoms with E-state index in [9.17, 15) is 14.7 Å². The lowest BCUT2D eigenvalue weighted by Crippen LogP contribution is -2.32. The van der Waals surface area contributed by atoms with Crippen molar-refractivity contribution < 1.29 is 14.7 Å². The van der Waals surface area contributed by atoms with Crippen LogP contribution < -0.4 is 5.32 Å². The average Bonchev–Trinajstić information content (AvgIpc) is 2.61. The third-order valence-electron chi connectivity index (χ3n) is 3.82. The summed E-state index contributed by atoms with van der Waals surface area (Å²) in [7, 11) is 0. The molecule has 0 aliphatic heterocycles. The number of hydrogen-bond acceptors (Lipinski definition) is 4. The molecule has 0 amide bonds. The Kier molecular flexibility index (Phi) is 4.52. The molecule has 1 heterocycles. The van der Waals surface area contributed by atoms with Gasteiger partial charge in [0.2, 0.25) is 0 Å². The van der Waals surface area contributed by atoms with Gasteiger partial charge in [0.25, 0.3) is 0 Å². The number of carboxylic acid groups (broad SMARTS) is 1.